The van der Waals surface area contributed by atoms with Crippen LogP contribution in [0.1, 0.15) is 11.1 Å². The van der Waals surface area contributed by atoms with Gasteiger partial charge in [0.25, 0.3) is 6.71 Å². The van der Waals surface area contributed by atoms with E-state index in [1.54, 1.807) is 0 Å². The van der Waals surface area contributed by atoms with E-state index < -0.39 is 5.66 Å². The zero-order valence-corrected chi connectivity index (χ0v) is 23.0. The van der Waals surface area contributed by atoms with E-state index in [9.17, 15) is 0 Å². The van der Waals surface area contributed by atoms with Gasteiger partial charge in [0, 0.05) is 40.9 Å². The van der Waals surface area contributed by atoms with Crippen molar-refractivity contribution in [1.82, 2.24) is 0 Å². The highest BCUT2D eigenvalue weighted by molar-refractivity contribution is 7.03. The molecule has 42 heavy (non-hydrogen) atoms. The number of hydrogen-bond acceptors (Lipinski definition) is 3. The summed E-state index contributed by atoms with van der Waals surface area (Å²) < 4.78 is 0. The molecule has 0 atom stereocenters. The van der Waals surface area contributed by atoms with E-state index in [1.165, 1.54) is 83.9 Å². The predicted molar refractivity (Wildman–Crippen MR) is 174 cm³/mol. The lowest BCUT2D eigenvalue weighted by Crippen LogP contribution is -2.62. The Bertz CT molecular complexity index is 2160. The van der Waals surface area contributed by atoms with Crippen molar-refractivity contribution in [2.45, 2.75) is 5.66 Å². The molecule has 11 rings (SSSR count). The summed E-state index contributed by atoms with van der Waals surface area (Å²) in [5.74, 6) is 0. The van der Waals surface area contributed by atoms with Crippen LogP contribution in [0.15, 0.2) is 127 Å². The molecule has 0 N–H and O–H groups in total. The molecule has 194 valence electrons. The van der Waals surface area contributed by atoms with Crippen LogP contribution < -0.4 is 31.1 Å². The van der Waals surface area contributed by atoms with Gasteiger partial charge in [-0.05, 0) is 75.0 Å². The summed E-state index contributed by atoms with van der Waals surface area (Å²) in [6.45, 7) is 0.221. The van der Waals surface area contributed by atoms with Crippen LogP contribution in [0.2, 0.25) is 0 Å². The molecule has 3 nitrogen and oxygen atoms in total. The molecule has 0 unspecified atom stereocenters. The molecule has 4 heterocycles. The average molecular weight is 533 g/mol. The maximum Gasteiger partial charge on any atom is 0.253 e. The van der Waals surface area contributed by atoms with Gasteiger partial charge in [0.1, 0.15) is 0 Å². The fraction of sp³-hybridized carbons (Fsp3) is 0.0526. The second-order valence-electron chi connectivity index (χ2n) is 12.1. The molecular weight excluding hydrogens is 509 g/mol. The Kier molecular flexibility index (Phi) is 3.57. The summed E-state index contributed by atoms with van der Waals surface area (Å²) in [4.78, 5) is 7.76. The molecule has 0 radical (unpaired) electrons. The van der Waals surface area contributed by atoms with Gasteiger partial charge in [-0.25, -0.2) is 0 Å². The number of hydrogen-bond donors (Lipinski definition) is 0. The van der Waals surface area contributed by atoms with Crippen LogP contribution in [0, 0.1) is 0 Å². The van der Waals surface area contributed by atoms with Crippen molar-refractivity contribution in [2.75, 3.05) is 21.7 Å². The number of rotatable bonds is 1. The van der Waals surface area contributed by atoms with E-state index in [4.69, 9.17) is 0 Å². The van der Waals surface area contributed by atoms with Crippen molar-refractivity contribution in [3.63, 3.8) is 0 Å². The molecule has 0 fully saturated rings. The molecule has 4 aliphatic heterocycles. The molecule has 6 aromatic rings. The van der Waals surface area contributed by atoms with Crippen molar-refractivity contribution in [3.05, 3.63) is 139 Å². The van der Waals surface area contributed by atoms with Crippen LogP contribution in [0.25, 0.3) is 22.3 Å². The second-order valence-corrected chi connectivity index (χ2v) is 12.1. The van der Waals surface area contributed by atoms with Crippen molar-refractivity contribution in [2.24, 2.45) is 0 Å². The second kappa shape index (κ2) is 6.98. The Morgan fingerprint density at radius 3 is 1.83 bits per heavy atom. The fourth-order valence-electron chi connectivity index (χ4n) is 9.13. The van der Waals surface area contributed by atoms with Gasteiger partial charge >= 0.3 is 0 Å². The van der Waals surface area contributed by atoms with Crippen molar-refractivity contribution in [1.29, 1.82) is 0 Å². The minimum Gasteiger partial charge on any atom is -0.342 e. The van der Waals surface area contributed by atoms with Crippen LogP contribution in [0.3, 0.4) is 0 Å². The Morgan fingerprint density at radius 1 is 0.476 bits per heavy atom. The number of para-hydroxylation sites is 1. The van der Waals surface area contributed by atoms with Crippen molar-refractivity contribution >= 4 is 57.2 Å². The highest BCUT2D eigenvalue weighted by Crippen LogP contribution is 2.63. The number of benzene rings is 6. The van der Waals surface area contributed by atoms with E-state index in [2.05, 4.69) is 149 Å². The van der Waals surface area contributed by atoms with Crippen LogP contribution in [-0.4, -0.2) is 13.8 Å². The first-order valence-corrected chi connectivity index (χ1v) is 14.8. The highest BCUT2D eigenvalue weighted by atomic mass is 15.5. The quantitative estimate of drug-likeness (QED) is 0.216. The van der Waals surface area contributed by atoms with E-state index in [1.807, 2.05) is 0 Å². The third kappa shape index (κ3) is 2.09. The Balaban J connectivity index is 1.32. The maximum absolute atomic E-state index is 2.71. The summed E-state index contributed by atoms with van der Waals surface area (Å²) in [5, 5.41) is 0. The van der Waals surface area contributed by atoms with Gasteiger partial charge in [0.2, 0.25) is 0 Å². The molecule has 0 saturated heterocycles. The molecule has 0 aromatic heterocycles. The summed E-state index contributed by atoms with van der Waals surface area (Å²) in [5.41, 5.74) is 19.7. The standard InChI is InChI=1S/C38H24BN3/c1-40-33-22-21-27-26-15-9-18-30-34(26)39-35(27)37(33)42(32-20-10-19-31(36(32)39)41(30)23-11-3-2-4-12-23)38(40)28-16-7-5-13-24(28)25-14-6-8-17-29(25)38/h2-22H,1H3. The third-order valence-electron chi connectivity index (χ3n) is 10.5. The predicted octanol–water partition coefficient (Wildman–Crippen LogP) is 6.75. The third-order valence-corrected chi connectivity index (χ3v) is 10.5. The zero-order valence-electron chi connectivity index (χ0n) is 23.0. The Hall–Kier alpha value is -5.22. The molecule has 1 aliphatic carbocycles. The van der Waals surface area contributed by atoms with Gasteiger partial charge < -0.3 is 14.7 Å². The zero-order chi connectivity index (χ0) is 27.3. The summed E-state index contributed by atoms with van der Waals surface area (Å²) in [6.07, 6.45) is 0. The molecule has 1 spiro atoms. The first-order chi connectivity index (χ1) is 20.8. The van der Waals surface area contributed by atoms with E-state index in [0.29, 0.717) is 0 Å². The van der Waals surface area contributed by atoms with Crippen LogP contribution in [0.4, 0.5) is 34.1 Å². The van der Waals surface area contributed by atoms with Crippen LogP contribution in [-0.2, 0) is 5.66 Å². The first kappa shape index (κ1) is 21.5. The molecule has 6 aromatic carbocycles. The van der Waals surface area contributed by atoms with Crippen molar-refractivity contribution in [3.8, 4) is 22.3 Å². The lowest BCUT2D eigenvalue weighted by molar-refractivity contribution is 0.555. The van der Waals surface area contributed by atoms with Crippen molar-refractivity contribution < 1.29 is 0 Å². The smallest absolute Gasteiger partial charge is 0.253 e. The molecular formula is C38H24BN3. The molecule has 0 saturated carbocycles. The topological polar surface area (TPSA) is 9.72 Å². The van der Waals surface area contributed by atoms with Gasteiger partial charge in [-0.2, -0.15) is 0 Å². The fourth-order valence-corrected chi connectivity index (χ4v) is 9.13. The van der Waals surface area contributed by atoms with Crippen LogP contribution >= 0.6 is 0 Å². The Labute approximate surface area is 245 Å². The minimum absolute atomic E-state index is 0.221. The maximum atomic E-state index is 2.71. The minimum atomic E-state index is -0.475. The van der Waals surface area contributed by atoms with E-state index >= 15 is 0 Å². The van der Waals surface area contributed by atoms with E-state index in [0.717, 1.165) is 0 Å². The summed E-state index contributed by atoms with van der Waals surface area (Å²) in [7, 11) is 2.30. The molecule has 0 bridgehead atoms. The van der Waals surface area contributed by atoms with Gasteiger partial charge in [-0.15, -0.1) is 0 Å². The lowest BCUT2D eigenvalue weighted by Gasteiger charge is -2.48. The van der Waals surface area contributed by atoms with Gasteiger partial charge in [-0.3, -0.25) is 0 Å². The van der Waals surface area contributed by atoms with E-state index in [-0.39, 0.29) is 6.71 Å². The first-order valence-electron chi connectivity index (χ1n) is 14.8. The molecule has 4 heteroatoms. The average Bonchev–Trinajstić information content (AvgIpc) is 3.64. The summed E-state index contributed by atoms with van der Waals surface area (Å²) in [6, 6.07) is 47.6. The van der Waals surface area contributed by atoms with Gasteiger partial charge in [0.15, 0.2) is 5.66 Å². The summed E-state index contributed by atoms with van der Waals surface area (Å²) >= 11 is 0. The van der Waals surface area contributed by atoms with Crippen LogP contribution in [0.5, 0.6) is 0 Å². The molecule has 0 amide bonds. The number of nitrogens with zero attached hydrogens (tertiary/aromatic N) is 3. The highest BCUT2D eigenvalue weighted by Gasteiger charge is 2.61. The largest absolute Gasteiger partial charge is 0.342 e. The number of anilines is 6. The molecule has 5 aliphatic rings. The normalized spacial score (nSPS) is 16.2. The Morgan fingerprint density at radius 2 is 1.07 bits per heavy atom. The SMILES string of the molecule is CN1c2ccc3c4c2N(c2cccc5c2B4c2c-3cccc2N5c2ccccc2)C12c1ccccc1-c1ccccc12. The van der Waals surface area contributed by atoms with Gasteiger partial charge in [-0.1, -0.05) is 91.0 Å². The van der Waals surface area contributed by atoms with Gasteiger partial charge in [0.05, 0.1) is 11.4 Å². The number of fused-ring (bicyclic) bond motifs is 8. The lowest BCUT2D eigenvalue weighted by atomic mass is 9.35. The monoisotopic (exact) mass is 533 g/mol.